The van der Waals surface area contributed by atoms with E-state index in [1.807, 2.05) is 11.6 Å². The van der Waals surface area contributed by atoms with Crippen molar-refractivity contribution in [1.29, 1.82) is 0 Å². The monoisotopic (exact) mass is 332 g/mol. The van der Waals surface area contributed by atoms with Crippen LogP contribution in [-0.4, -0.2) is 15.0 Å². The van der Waals surface area contributed by atoms with Gasteiger partial charge in [0, 0.05) is 11.4 Å². The lowest BCUT2D eigenvalue weighted by Crippen LogP contribution is -2.18. The molecule has 8 heteroatoms. The highest BCUT2D eigenvalue weighted by atomic mass is 32.2. The summed E-state index contributed by atoms with van der Waals surface area (Å²) in [6, 6.07) is 4.57. The first-order valence-electron chi connectivity index (χ1n) is 6.19. The summed E-state index contributed by atoms with van der Waals surface area (Å²) < 4.78 is 53.6. The maximum Gasteiger partial charge on any atom is 0.263 e. The number of sulfonamides is 1. The van der Waals surface area contributed by atoms with E-state index < -0.39 is 27.3 Å². The molecule has 0 fully saturated rings. The van der Waals surface area contributed by atoms with Crippen LogP contribution in [0.15, 0.2) is 34.5 Å². The zero-order valence-electron chi connectivity index (χ0n) is 11.2. The number of rotatable bonds is 6. The summed E-state index contributed by atoms with van der Waals surface area (Å²) in [4.78, 5) is 0.609. The van der Waals surface area contributed by atoms with Gasteiger partial charge in [-0.3, -0.25) is 4.72 Å². The number of hydrogen-bond donors (Lipinski definition) is 2. The minimum atomic E-state index is -4.04. The fraction of sp³-hybridized carbons (Fsp3) is 0.231. The Balaban J connectivity index is 2.33. The highest BCUT2D eigenvalue weighted by Crippen LogP contribution is 2.26. The number of halogens is 2. The van der Waals surface area contributed by atoms with Crippen molar-refractivity contribution in [3.8, 4) is 0 Å². The first-order chi connectivity index (χ1) is 9.95. The van der Waals surface area contributed by atoms with Crippen LogP contribution in [0.1, 0.15) is 11.8 Å². The van der Waals surface area contributed by atoms with Gasteiger partial charge in [0.05, 0.1) is 0 Å². The minimum Gasteiger partial charge on any atom is -0.312 e. The minimum absolute atomic E-state index is 0.0242. The van der Waals surface area contributed by atoms with E-state index in [1.54, 1.807) is 5.38 Å². The maximum absolute atomic E-state index is 13.5. The van der Waals surface area contributed by atoms with Crippen molar-refractivity contribution in [1.82, 2.24) is 5.32 Å². The van der Waals surface area contributed by atoms with Crippen LogP contribution in [0, 0.1) is 11.6 Å². The number of hydrogen-bond acceptors (Lipinski definition) is 4. The third-order valence-corrected chi connectivity index (χ3v) is 5.21. The van der Waals surface area contributed by atoms with Crippen molar-refractivity contribution in [3.63, 3.8) is 0 Å². The average Bonchev–Trinajstić information content (AvgIpc) is 2.90. The Morgan fingerprint density at radius 2 is 1.86 bits per heavy atom. The van der Waals surface area contributed by atoms with Crippen LogP contribution in [0.2, 0.25) is 0 Å². The smallest absolute Gasteiger partial charge is 0.263 e. The van der Waals surface area contributed by atoms with Gasteiger partial charge in [0.2, 0.25) is 0 Å². The summed E-state index contributed by atoms with van der Waals surface area (Å²) in [6.45, 7) is 2.96. The molecule has 21 heavy (non-hydrogen) atoms. The molecule has 4 nitrogen and oxygen atoms in total. The zero-order chi connectivity index (χ0) is 15.5. The van der Waals surface area contributed by atoms with Crippen molar-refractivity contribution in [2.24, 2.45) is 0 Å². The van der Waals surface area contributed by atoms with Gasteiger partial charge in [-0.05, 0) is 30.1 Å². The standard InChI is InChI=1S/C13H14F2N2O2S2/c1-2-16-8-11-12(6-7-20-11)21(18,19)17-13-9(14)4-3-5-10(13)15/h3-7,16-17H,2,8H2,1H3. The highest BCUT2D eigenvalue weighted by Gasteiger charge is 2.22. The van der Waals surface area contributed by atoms with Crippen LogP contribution in [0.4, 0.5) is 14.5 Å². The number of benzene rings is 1. The van der Waals surface area contributed by atoms with E-state index in [4.69, 9.17) is 0 Å². The molecule has 114 valence electrons. The molecule has 0 aliphatic rings. The fourth-order valence-corrected chi connectivity index (χ4v) is 4.21. The second-order valence-corrected chi connectivity index (χ2v) is 6.84. The normalized spacial score (nSPS) is 11.6. The molecule has 0 aliphatic heterocycles. The van der Waals surface area contributed by atoms with E-state index >= 15 is 0 Å². The summed E-state index contributed by atoms with van der Waals surface area (Å²) in [5, 5.41) is 4.64. The second kappa shape index (κ2) is 6.50. The van der Waals surface area contributed by atoms with Gasteiger partial charge in [0.25, 0.3) is 10.0 Å². The predicted molar refractivity (Wildman–Crippen MR) is 78.9 cm³/mol. The molecule has 2 N–H and O–H groups in total. The first kappa shape index (κ1) is 15.9. The van der Waals surface area contributed by atoms with Crippen LogP contribution in [-0.2, 0) is 16.6 Å². The molecule has 0 amide bonds. The molecule has 1 heterocycles. The van der Waals surface area contributed by atoms with Crippen molar-refractivity contribution >= 4 is 27.0 Å². The quantitative estimate of drug-likeness (QED) is 0.855. The molecular weight excluding hydrogens is 318 g/mol. The van der Waals surface area contributed by atoms with E-state index in [1.165, 1.54) is 23.5 Å². The van der Waals surface area contributed by atoms with E-state index in [0.29, 0.717) is 18.0 Å². The molecule has 1 aromatic carbocycles. The molecule has 0 unspecified atom stereocenters. The molecule has 0 radical (unpaired) electrons. The molecule has 1 aromatic heterocycles. The van der Waals surface area contributed by atoms with Gasteiger partial charge in [-0.1, -0.05) is 13.0 Å². The van der Waals surface area contributed by atoms with E-state index in [9.17, 15) is 17.2 Å². The Labute approximate surface area is 125 Å². The largest absolute Gasteiger partial charge is 0.312 e. The maximum atomic E-state index is 13.5. The molecule has 0 atom stereocenters. The summed E-state index contributed by atoms with van der Waals surface area (Å²) >= 11 is 1.27. The first-order valence-corrected chi connectivity index (χ1v) is 8.56. The zero-order valence-corrected chi connectivity index (χ0v) is 12.8. The number of nitrogens with one attached hydrogen (secondary N) is 2. The van der Waals surface area contributed by atoms with Gasteiger partial charge < -0.3 is 5.32 Å². The van der Waals surface area contributed by atoms with Crippen molar-refractivity contribution in [3.05, 3.63) is 46.2 Å². The van der Waals surface area contributed by atoms with Crippen LogP contribution in [0.25, 0.3) is 0 Å². The van der Waals surface area contributed by atoms with Gasteiger partial charge in [0.15, 0.2) is 0 Å². The highest BCUT2D eigenvalue weighted by molar-refractivity contribution is 7.93. The van der Waals surface area contributed by atoms with Crippen LogP contribution >= 0.6 is 11.3 Å². The lowest BCUT2D eigenvalue weighted by molar-refractivity contribution is 0.582. The van der Waals surface area contributed by atoms with Crippen LogP contribution in [0.3, 0.4) is 0 Å². The van der Waals surface area contributed by atoms with Crippen molar-refractivity contribution < 1.29 is 17.2 Å². The summed E-state index contributed by atoms with van der Waals surface area (Å²) in [6.07, 6.45) is 0. The summed E-state index contributed by atoms with van der Waals surface area (Å²) in [7, 11) is -4.04. The van der Waals surface area contributed by atoms with Crippen molar-refractivity contribution in [2.75, 3.05) is 11.3 Å². The van der Waals surface area contributed by atoms with E-state index in [-0.39, 0.29) is 4.90 Å². The number of thiophene rings is 1. The van der Waals surface area contributed by atoms with Crippen molar-refractivity contribution in [2.45, 2.75) is 18.4 Å². The topological polar surface area (TPSA) is 58.2 Å². The predicted octanol–water partition coefficient (Wildman–Crippen LogP) is 2.94. The molecule has 2 aromatic rings. The Kier molecular flexibility index (Phi) is 4.92. The lowest BCUT2D eigenvalue weighted by Gasteiger charge is -2.10. The Morgan fingerprint density at radius 3 is 2.48 bits per heavy atom. The van der Waals surface area contributed by atoms with Crippen LogP contribution < -0.4 is 10.0 Å². The third kappa shape index (κ3) is 3.58. The average molecular weight is 332 g/mol. The molecule has 0 saturated heterocycles. The molecule has 0 bridgehead atoms. The third-order valence-electron chi connectivity index (χ3n) is 2.73. The van der Waals surface area contributed by atoms with Gasteiger partial charge in [-0.15, -0.1) is 11.3 Å². The van der Waals surface area contributed by atoms with Gasteiger partial charge in [-0.2, -0.15) is 0 Å². The Bertz CT molecular complexity index is 709. The van der Waals surface area contributed by atoms with E-state index in [2.05, 4.69) is 5.32 Å². The van der Waals surface area contributed by atoms with Gasteiger partial charge in [0.1, 0.15) is 22.2 Å². The fourth-order valence-electron chi connectivity index (χ4n) is 1.72. The van der Waals surface area contributed by atoms with Gasteiger partial charge in [-0.25, -0.2) is 17.2 Å². The molecule has 0 spiro atoms. The summed E-state index contributed by atoms with van der Waals surface area (Å²) in [5.74, 6) is -1.91. The van der Waals surface area contributed by atoms with Crippen LogP contribution in [0.5, 0.6) is 0 Å². The lowest BCUT2D eigenvalue weighted by atomic mass is 10.3. The number of anilines is 1. The summed E-state index contributed by atoms with van der Waals surface area (Å²) in [5.41, 5.74) is -0.668. The van der Waals surface area contributed by atoms with E-state index in [0.717, 1.165) is 12.1 Å². The SMILES string of the molecule is CCNCc1sccc1S(=O)(=O)Nc1c(F)cccc1F. The Morgan fingerprint density at radius 1 is 1.19 bits per heavy atom. The molecule has 0 aliphatic carbocycles. The molecule has 2 rings (SSSR count). The molecule has 0 saturated carbocycles. The molecular formula is C13H14F2N2O2S2. The number of para-hydroxylation sites is 1. The van der Waals surface area contributed by atoms with Gasteiger partial charge >= 0.3 is 0 Å². The Hall–Kier alpha value is -1.51. The second-order valence-electron chi connectivity index (χ2n) is 4.19.